The highest BCUT2D eigenvalue weighted by Gasteiger charge is 2.21. The molecule has 102 valence electrons. The van der Waals surface area contributed by atoms with Gasteiger partial charge in [0.05, 0.1) is 17.1 Å². The predicted octanol–water partition coefficient (Wildman–Crippen LogP) is 3.32. The summed E-state index contributed by atoms with van der Waals surface area (Å²) < 4.78 is 1.62. The minimum Gasteiger partial charge on any atom is -0.335 e. The van der Waals surface area contributed by atoms with Crippen LogP contribution in [-0.4, -0.2) is 27.5 Å². The van der Waals surface area contributed by atoms with Crippen LogP contribution in [0.2, 0.25) is 5.02 Å². The maximum absolute atomic E-state index is 12.4. The summed E-state index contributed by atoms with van der Waals surface area (Å²) in [5.74, 6) is -0.174. The Morgan fingerprint density at radius 1 is 1.40 bits per heavy atom. The number of carbonyl (C=O) groups is 1. The number of hydrogen-bond acceptors (Lipinski definition) is 3. The maximum atomic E-state index is 12.4. The molecule has 1 amide bonds. The van der Waals surface area contributed by atoms with E-state index in [0.29, 0.717) is 11.6 Å². The lowest BCUT2D eigenvalue weighted by molar-refractivity contribution is 0.0780. The van der Waals surface area contributed by atoms with Crippen LogP contribution >= 0.6 is 22.9 Å². The van der Waals surface area contributed by atoms with Crippen molar-refractivity contribution in [2.75, 3.05) is 7.05 Å². The molecule has 0 aliphatic rings. The molecule has 3 aromatic rings. The zero-order chi connectivity index (χ0) is 14.1. The van der Waals surface area contributed by atoms with Gasteiger partial charge in [-0.1, -0.05) is 23.7 Å². The molecule has 0 saturated heterocycles. The van der Waals surface area contributed by atoms with E-state index in [1.165, 1.54) is 0 Å². The van der Waals surface area contributed by atoms with Crippen LogP contribution in [0, 0.1) is 0 Å². The number of amides is 1. The Balaban J connectivity index is 1.90. The first kappa shape index (κ1) is 13.1. The molecule has 3 rings (SSSR count). The van der Waals surface area contributed by atoms with E-state index in [0.717, 1.165) is 10.4 Å². The lowest BCUT2D eigenvalue weighted by atomic mass is 10.3. The molecule has 0 spiro atoms. The summed E-state index contributed by atoms with van der Waals surface area (Å²) >= 11 is 7.87. The maximum Gasteiger partial charge on any atom is 0.276 e. The van der Waals surface area contributed by atoms with Gasteiger partial charge < -0.3 is 4.90 Å². The van der Waals surface area contributed by atoms with Crippen molar-refractivity contribution in [2.45, 2.75) is 6.54 Å². The van der Waals surface area contributed by atoms with Gasteiger partial charge in [0.25, 0.3) is 5.91 Å². The summed E-state index contributed by atoms with van der Waals surface area (Å²) in [7, 11) is 1.75. The third-order valence-corrected chi connectivity index (χ3v) is 4.24. The van der Waals surface area contributed by atoms with Crippen LogP contribution in [0.15, 0.2) is 41.9 Å². The van der Waals surface area contributed by atoms with Gasteiger partial charge in [0.2, 0.25) is 0 Å². The fourth-order valence-corrected chi connectivity index (χ4v) is 3.02. The van der Waals surface area contributed by atoms with Crippen molar-refractivity contribution in [3.8, 4) is 0 Å². The first-order valence-electron chi connectivity index (χ1n) is 6.07. The van der Waals surface area contributed by atoms with Crippen molar-refractivity contribution in [3.05, 3.63) is 57.5 Å². The quantitative estimate of drug-likeness (QED) is 0.744. The first-order valence-corrected chi connectivity index (χ1v) is 7.33. The zero-order valence-corrected chi connectivity index (χ0v) is 12.4. The molecule has 6 heteroatoms. The van der Waals surface area contributed by atoms with Crippen molar-refractivity contribution in [1.82, 2.24) is 14.5 Å². The molecule has 4 nitrogen and oxygen atoms in total. The lowest BCUT2D eigenvalue weighted by Crippen LogP contribution is -2.26. The summed E-state index contributed by atoms with van der Waals surface area (Å²) in [5.41, 5.74) is 1.03. The van der Waals surface area contributed by atoms with Gasteiger partial charge in [0, 0.05) is 18.1 Å². The molecule has 0 unspecified atom stereocenters. The van der Waals surface area contributed by atoms with E-state index in [4.69, 9.17) is 11.6 Å². The summed E-state index contributed by atoms with van der Waals surface area (Å²) in [6, 6.07) is 9.52. The number of rotatable bonds is 3. The molecule has 0 N–H and O–H groups in total. The van der Waals surface area contributed by atoms with E-state index in [-0.39, 0.29) is 11.6 Å². The molecule has 0 aliphatic carbocycles. The molecule has 0 aliphatic heterocycles. The highest BCUT2D eigenvalue weighted by atomic mass is 35.5. The van der Waals surface area contributed by atoms with E-state index in [1.807, 2.05) is 35.7 Å². The van der Waals surface area contributed by atoms with Crippen molar-refractivity contribution >= 4 is 34.4 Å². The number of aromatic nitrogens is 2. The van der Waals surface area contributed by atoms with E-state index >= 15 is 0 Å². The van der Waals surface area contributed by atoms with Crippen LogP contribution in [0.3, 0.4) is 0 Å². The molecular formula is C14H12ClN3OS. The van der Waals surface area contributed by atoms with Crippen molar-refractivity contribution < 1.29 is 4.79 Å². The second-order valence-electron chi connectivity index (χ2n) is 4.43. The highest BCUT2D eigenvalue weighted by Crippen LogP contribution is 2.23. The number of fused-ring (bicyclic) bond motifs is 1. The summed E-state index contributed by atoms with van der Waals surface area (Å²) in [6.07, 6.45) is 1.78. The molecule has 0 bridgehead atoms. The van der Waals surface area contributed by atoms with E-state index in [2.05, 4.69) is 5.10 Å². The Morgan fingerprint density at radius 2 is 2.25 bits per heavy atom. The van der Waals surface area contributed by atoms with Crippen LogP contribution in [0.4, 0.5) is 0 Å². The standard InChI is InChI=1S/C14H12ClN3OS/c1-17(9-10-5-4-8-20-10)14(19)13-12(15)11-6-2-3-7-18(11)16-13/h2-8H,9H2,1H3. The molecule has 0 fully saturated rings. The van der Waals surface area contributed by atoms with Crippen LogP contribution in [0.1, 0.15) is 15.4 Å². The van der Waals surface area contributed by atoms with Gasteiger partial charge >= 0.3 is 0 Å². The number of carbonyl (C=O) groups excluding carboxylic acids is 1. The Hall–Kier alpha value is -1.85. The first-order chi connectivity index (χ1) is 9.66. The third-order valence-electron chi connectivity index (χ3n) is 3.00. The largest absolute Gasteiger partial charge is 0.335 e. The van der Waals surface area contributed by atoms with E-state index in [1.54, 1.807) is 34.0 Å². The van der Waals surface area contributed by atoms with Crippen LogP contribution in [-0.2, 0) is 6.54 Å². The van der Waals surface area contributed by atoms with Crippen molar-refractivity contribution in [1.29, 1.82) is 0 Å². The monoisotopic (exact) mass is 305 g/mol. The van der Waals surface area contributed by atoms with Gasteiger partial charge in [-0.3, -0.25) is 4.79 Å². The van der Waals surface area contributed by atoms with Gasteiger partial charge in [0.1, 0.15) is 0 Å². The molecule has 20 heavy (non-hydrogen) atoms. The lowest BCUT2D eigenvalue weighted by Gasteiger charge is -2.14. The summed E-state index contributed by atoms with van der Waals surface area (Å²) in [4.78, 5) is 15.2. The van der Waals surface area contributed by atoms with Gasteiger partial charge in [-0.05, 0) is 23.6 Å². The number of pyridine rings is 1. The normalized spacial score (nSPS) is 10.9. The fourth-order valence-electron chi connectivity index (χ4n) is 1.99. The van der Waals surface area contributed by atoms with Gasteiger partial charge in [-0.25, -0.2) is 4.52 Å². The SMILES string of the molecule is CN(Cc1cccs1)C(=O)c1nn2ccccc2c1Cl. The molecule has 0 radical (unpaired) electrons. The van der Waals surface area contributed by atoms with Gasteiger partial charge in [-0.2, -0.15) is 5.10 Å². The van der Waals surface area contributed by atoms with Crippen molar-refractivity contribution in [2.24, 2.45) is 0 Å². The Morgan fingerprint density at radius 3 is 2.95 bits per heavy atom. The average Bonchev–Trinajstić information content (AvgIpc) is 3.07. The number of hydrogen-bond donors (Lipinski definition) is 0. The zero-order valence-electron chi connectivity index (χ0n) is 10.8. The van der Waals surface area contributed by atoms with Crippen LogP contribution in [0.5, 0.6) is 0 Å². The predicted molar refractivity (Wildman–Crippen MR) is 80.3 cm³/mol. The van der Waals surface area contributed by atoms with Gasteiger partial charge in [0.15, 0.2) is 5.69 Å². The molecule has 0 saturated carbocycles. The van der Waals surface area contributed by atoms with Crippen LogP contribution in [0.25, 0.3) is 5.52 Å². The molecular weight excluding hydrogens is 294 g/mol. The molecule has 0 atom stereocenters. The molecule has 3 heterocycles. The highest BCUT2D eigenvalue weighted by molar-refractivity contribution is 7.09. The average molecular weight is 306 g/mol. The Labute approximate surface area is 125 Å². The Bertz CT molecular complexity index is 751. The number of halogens is 1. The van der Waals surface area contributed by atoms with Crippen LogP contribution < -0.4 is 0 Å². The second kappa shape index (κ2) is 5.26. The molecule has 3 aromatic heterocycles. The number of nitrogens with zero attached hydrogens (tertiary/aromatic N) is 3. The summed E-state index contributed by atoms with van der Waals surface area (Å²) in [5, 5.41) is 6.65. The number of thiophene rings is 1. The second-order valence-corrected chi connectivity index (χ2v) is 5.84. The third kappa shape index (κ3) is 2.30. The fraction of sp³-hybridized carbons (Fsp3) is 0.143. The van der Waals surface area contributed by atoms with E-state index in [9.17, 15) is 4.79 Å². The minimum atomic E-state index is -0.174. The summed E-state index contributed by atoms with van der Waals surface area (Å²) in [6.45, 7) is 0.556. The Kier molecular flexibility index (Phi) is 3.46. The smallest absolute Gasteiger partial charge is 0.276 e. The van der Waals surface area contributed by atoms with Gasteiger partial charge in [-0.15, -0.1) is 11.3 Å². The minimum absolute atomic E-state index is 0.174. The topological polar surface area (TPSA) is 37.6 Å². The van der Waals surface area contributed by atoms with Crippen molar-refractivity contribution in [3.63, 3.8) is 0 Å². The van der Waals surface area contributed by atoms with E-state index < -0.39 is 0 Å². The molecule has 0 aromatic carbocycles.